The number of phenols is 1. The Balaban J connectivity index is 3.10. The van der Waals surface area contributed by atoms with Gasteiger partial charge in [0.25, 0.3) is 0 Å². The molecule has 0 fully saturated rings. The molecule has 2 aromatic rings. The predicted molar refractivity (Wildman–Crippen MR) is 57.5 cm³/mol. The Morgan fingerprint density at radius 2 is 1.93 bits per heavy atom. The SMILES string of the molecule is Cn1c(=O)n(C)c2c(Br)cc(O)cc21. The van der Waals surface area contributed by atoms with Gasteiger partial charge >= 0.3 is 5.69 Å². The highest BCUT2D eigenvalue weighted by Crippen LogP contribution is 2.27. The van der Waals surface area contributed by atoms with Crippen LogP contribution in [0.25, 0.3) is 11.0 Å². The van der Waals surface area contributed by atoms with Crippen molar-refractivity contribution in [2.24, 2.45) is 14.1 Å². The Labute approximate surface area is 88.5 Å². The molecule has 14 heavy (non-hydrogen) atoms. The highest BCUT2D eigenvalue weighted by Gasteiger charge is 2.11. The van der Waals surface area contributed by atoms with Crippen LogP contribution in [0, 0.1) is 0 Å². The lowest BCUT2D eigenvalue weighted by atomic mass is 10.3. The van der Waals surface area contributed by atoms with Crippen molar-refractivity contribution in [3.8, 4) is 5.75 Å². The Hall–Kier alpha value is -1.23. The van der Waals surface area contributed by atoms with Crippen LogP contribution in [0.5, 0.6) is 5.75 Å². The van der Waals surface area contributed by atoms with Crippen LogP contribution in [0.15, 0.2) is 21.4 Å². The van der Waals surface area contributed by atoms with E-state index in [0.29, 0.717) is 9.99 Å². The quantitative estimate of drug-likeness (QED) is 0.774. The molecule has 0 atom stereocenters. The fourth-order valence-electron chi connectivity index (χ4n) is 1.58. The topological polar surface area (TPSA) is 47.2 Å². The summed E-state index contributed by atoms with van der Waals surface area (Å²) < 4.78 is 3.76. The summed E-state index contributed by atoms with van der Waals surface area (Å²) in [5, 5.41) is 9.38. The van der Waals surface area contributed by atoms with Gasteiger partial charge in [0, 0.05) is 24.6 Å². The highest BCUT2D eigenvalue weighted by molar-refractivity contribution is 9.10. The molecule has 74 valence electrons. The molecule has 4 nitrogen and oxygen atoms in total. The molecule has 1 heterocycles. The second-order valence-electron chi connectivity index (χ2n) is 3.20. The number of imidazole rings is 1. The number of hydrogen-bond acceptors (Lipinski definition) is 2. The first-order chi connectivity index (χ1) is 6.52. The summed E-state index contributed by atoms with van der Waals surface area (Å²) in [5.41, 5.74) is 1.39. The molecule has 5 heteroatoms. The molecule has 1 N–H and O–H groups in total. The third-order valence-electron chi connectivity index (χ3n) is 2.30. The molecular weight excluding hydrogens is 248 g/mol. The van der Waals surface area contributed by atoms with Gasteiger partial charge in [-0.15, -0.1) is 0 Å². The summed E-state index contributed by atoms with van der Waals surface area (Å²) in [5.74, 6) is 0.144. The smallest absolute Gasteiger partial charge is 0.328 e. The second-order valence-corrected chi connectivity index (χ2v) is 4.05. The molecule has 0 aliphatic rings. The van der Waals surface area contributed by atoms with E-state index in [-0.39, 0.29) is 11.4 Å². The lowest BCUT2D eigenvalue weighted by Crippen LogP contribution is -2.19. The maximum atomic E-state index is 11.6. The van der Waals surface area contributed by atoms with Crippen LogP contribution < -0.4 is 5.69 Å². The molecule has 0 unspecified atom stereocenters. The van der Waals surface area contributed by atoms with E-state index in [9.17, 15) is 9.90 Å². The summed E-state index contributed by atoms with van der Waals surface area (Å²) in [4.78, 5) is 11.6. The van der Waals surface area contributed by atoms with Gasteiger partial charge in [-0.1, -0.05) is 0 Å². The van der Waals surface area contributed by atoms with Gasteiger partial charge in [0.15, 0.2) is 0 Å². The third-order valence-corrected chi connectivity index (χ3v) is 2.90. The fourth-order valence-corrected chi connectivity index (χ4v) is 2.29. The standard InChI is InChI=1S/C9H9BrN2O2/c1-11-7-4-5(13)3-6(10)8(7)12(2)9(11)14/h3-4,13H,1-2H3. The maximum absolute atomic E-state index is 11.6. The Morgan fingerprint density at radius 3 is 2.57 bits per heavy atom. The van der Waals surface area contributed by atoms with E-state index in [4.69, 9.17) is 0 Å². The summed E-state index contributed by atoms with van der Waals surface area (Å²) >= 11 is 3.31. The van der Waals surface area contributed by atoms with Crippen molar-refractivity contribution in [2.45, 2.75) is 0 Å². The molecule has 0 amide bonds. The highest BCUT2D eigenvalue weighted by atomic mass is 79.9. The van der Waals surface area contributed by atoms with Crippen molar-refractivity contribution in [2.75, 3.05) is 0 Å². The van der Waals surface area contributed by atoms with Crippen LogP contribution in [0.4, 0.5) is 0 Å². The van der Waals surface area contributed by atoms with Crippen LogP contribution >= 0.6 is 15.9 Å². The number of aromatic hydroxyl groups is 1. The van der Waals surface area contributed by atoms with Crippen molar-refractivity contribution in [3.05, 3.63) is 27.1 Å². The first-order valence-electron chi connectivity index (χ1n) is 4.06. The lowest BCUT2D eigenvalue weighted by molar-refractivity contribution is 0.475. The average Bonchev–Trinajstić information content (AvgIpc) is 2.31. The Morgan fingerprint density at radius 1 is 1.29 bits per heavy atom. The molecule has 1 aromatic heterocycles. The van der Waals surface area contributed by atoms with Crippen molar-refractivity contribution in [1.29, 1.82) is 0 Å². The molecule has 0 spiro atoms. The summed E-state index contributed by atoms with van der Waals surface area (Å²) in [6.07, 6.45) is 0. The molecule has 0 aliphatic heterocycles. The van der Waals surface area contributed by atoms with Gasteiger partial charge in [0.2, 0.25) is 0 Å². The first kappa shape index (κ1) is 9.33. The minimum absolute atomic E-state index is 0.105. The van der Waals surface area contributed by atoms with Crippen LogP contribution in [0.1, 0.15) is 0 Å². The summed E-state index contributed by atoms with van der Waals surface area (Å²) in [7, 11) is 3.38. The van der Waals surface area contributed by atoms with Gasteiger partial charge in [-0.3, -0.25) is 9.13 Å². The minimum atomic E-state index is -0.105. The molecule has 0 radical (unpaired) electrons. The van der Waals surface area contributed by atoms with Crippen molar-refractivity contribution in [1.82, 2.24) is 9.13 Å². The van der Waals surface area contributed by atoms with Gasteiger partial charge in [-0.2, -0.15) is 0 Å². The Bertz CT molecular complexity index is 568. The predicted octanol–water partition coefficient (Wildman–Crippen LogP) is 1.35. The average molecular weight is 257 g/mol. The van der Waals surface area contributed by atoms with Crippen LogP contribution in [-0.4, -0.2) is 14.2 Å². The monoisotopic (exact) mass is 256 g/mol. The van der Waals surface area contributed by atoms with E-state index in [1.807, 2.05) is 0 Å². The first-order valence-corrected chi connectivity index (χ1v) is 4.85. The van der Waals surface area contributed by atoms with Crippen molar-refractivity contribution >= 4 is 27.0 Å². The molecule has 0 saturated carbocycles. The third kappa shape index (κ3) is 1.09. The Kier molecular flexibility index (Phi) is 1.92. The van der Waals surface area contributed by atoms with E-state index in [1.165, 1.54) is 4.57 Å². The second kappa shape index (κ2) is 2.88. The molecule has 0 saturated heterocycles. The number of halogens is 1. The van der Waals surface area contributed by atoms with E-state index < -0.39 is 0 Å². The number of benzene rings is 1. The van der Waals surface area contributed by atoms with Crippen molar-refractivity contribution in [3.63, 3.8) is 0 Å². The molecule has 2 rings (SSSR count). The number of nitrogens with zero attached hydrogens (tertiary/aromatic N) is 2. The molecule has 0 bridgehead atoms. The number of aromatic nitrogens is 2. The fraction of sp³-hybridized carbons (Fsp3) is 0.222. The number of phenolic OH excluding ortho intramolecular Hbond substituents is 1. The zero-order chi connectivity index (χ0) is 10.5. The largest absolute Gasteiger partial charge is 0.508 e. The summed E-state index contributed by atoms with van der Waals surface area (Å²) in [6.45, 7) is 0. The number of rotatable bonds is 0. The van der Waals surface area contributed by atoms with Crippen LogP contribution in [0.3, 0.4) is 0 Å². The maximum Gasteiger partial charge on any atom is 0.328 e. The van der Waals surface area contributed by atoms with Crippen molar-refractivity contribution < 1.29 is 5.11 Å². The zero-order valence-electron chi connectivity index (χ0n) is 7.78. The van der Waals surface area contributed by atoms with E-state index in [0.717, 1.165) is 5.52 Å². The van der Waals surface area contributed by atoms with Gasteiger partial charge < -0.3 is 5.11 Å². The normalized spacial score (nSPS) is 11.1. The van der Waals surface area contributed by atoms with Gasteiger partial charge in [-0.05, 0) is 22.0 Å². The number of hydrogen-bond donors (Lipinski definition) is 1. The number of fused-ring (bicyclic) bond motifs is 1. The van der Waals surface area contributed by atoms with Gasteiger partial charge in [0.1, 0.15) is 5.75 Å². The molecule has 0 aliphatic carbocycles. The molecule has 1 aromatic carbocycles. The zero-order valence-corrected chi connectivity index (χ0v) is 9.37. The molecular formula is C9H9BrN2O2. The minimum Gasteiger partial charge on any atom is -0.508 e. The number of aryl methyl sites for hydroxylation is 2. The van der Waals surface area contributed by atoms with Crippen LogP contribution in [0.2, 0.25) is 0 Å². The lowest BCUT2D eigenvalue weighted by Gasteiger charge is -1.99. The van der Waals surface area contributed by atoms with E-state index in [1.54, 1.807) is 30.8 Å². The van der Waals surface area contributed by atoms with Crippen LogP contribution in [-0.2, 0) is 14.1 Å². The van der Waals surface area contributed by atoms with E-state index in [2.05, 4.69) is 15.9 Å². The van der Waals surface area contributed by atoms with E-state index >= 15 is 0 Å². The van der Waals surface area contributed by atoms with Gasteiger partial charge in [0.05, 0.1) is 11.0 Å². The summed E-state index contributed by atoms with van der Waals surface area (Å²) in [6, 6.07) is 3.14. The van der Waals surface area contributed by atoms with Gasteiger partial charge in [-0.25, -0.2) is 4.79 Å².